The van der Waals surface area contributed by atoms with E-state index in [0.29, 0.717) is 31.5 Å². The molecule has 1 aliphatic heterocycles. The van der Waals surface area contributed by atoms with Gasteiger partial charge in [-0.1, -0.05) is 0 Å². The maximum atomic E-state index is 12.8. The van der Waals surface area contributed by atoms with Crippen molar-refractivity contribution in [3.63, 3.8) is 0 Å². The van der Waals surface area contributed by atoms with Crippen molar-refractivity contribution in [2.75, 3.05) is 26.7 Å². The van der Waals surface area contributed by atoms with Crippen LogP contribution in [-0.4, -0.2) is 49.4 Å². The number of carbonyl (C=O) groups excluding carboxylic acids is 3. The summed E-state index contributed by atoms with van der Waals surface area (Å²) in [6.07, 6.45) is 1.12. The molecule has 23 heavy (non-hydrogen) atoms. The number of ether oxygens (including phenoxy) is 1. The van der Waals surface area contributed by atoms with Gasteiger partial charge in [-0.05, 0) is 37.1 Å². The molecule has 6 nitrogen and oxygen atoms in total. The van der Waals surface area contributed by atoms with Crippen molar-refractivity contribution in [1.82, 2.24) is 10.2 Å². The number of amides is 2. The fourth-order valence-electron chi connectivity index (χ4n) is 2.50. The van der Waals surface area contributed by atoms with Crippen LogP contribution in [0.1, 0.15) is 23.2 Å². The topological polar surface area (TPSA) is 75.7 Å². The maximum absolute atomic E-state index is 12.8. The smallest absolute Gasteiger partial charge is 0.308 e. The summed E-state index contributed by atoms with van der Waals surface area (Å²) in [5.41, 5.74) is 0.295. The Morgan fingerprint density at radius 1 is 1.22 bits per heavy atom. The quantitative estimate of drug-likeness (QED) is 0.838. The molecule has 0 bridgehead atoms. The lowest BCUT2D eigenvalue weighted by Gasteiger charge is -2.30. The van der Waals surface area contributed by atoms with Crippen LogP contribution >= 0.6 is 0 Å². The molecule has 0 unspecified atom stereocenters. The SMILES string of the molecule is COC(=O)C1CCN(C(=O)CNC(=O)c2ccc(F)cc2)CC1. The average molecular weight is 322 g/mol. The van der Waals surface area contributed by atoms with E-state index in [1.54, 1.807) is 4.90 Å². The largest absolute Gasteiger partial charge is 0.469 e. The number of piperidine rings is 1. The number of methoxy groups -OCH3 is 1. The first-order valence-corrected chi connectivity index (χ1v) is 7.40. The first-order chi connectivity index (χ1) is 11.0. The van der Waals surface area contributed by atoms with Gasteiger partial charge in [0.2, 0.25) is 5.91 Å². The fourth-order valence-corrected chi connectivity index (χ4v) is 2.50. The summed E-state index contributed by atoms with van der Waals surface area (Å²) >= 11 is 0. The first-order valence-electron chi connectivity index (χ1n) is 7.40. The van der Waals surface area contributed by atoms with Crippen molar-refractivity contribution in [2.45, 2.75) is 12.8 Å². The van der Waals surface area contributed by atoms with Crippen LogP contribution in [0.3, 0.4) is 0 Å². The van der Waals surface area contributed by atoms with Crippen LogP contribution in [0.4, 0.5) is 4.39 Å². The highest BCUT2D eigenvalue weighted by molar-refractivity contribution is 5.96. The highest BCUT2D eigenvalue weighted by Gasteiger charge is 2.27. The molecular formula is C16H19FN2O4. The van der Waals surface area contributed by atoms with Crippen molar-refractivity contribution < 1.29 is 23.5 Å². The van der Waals surface area contributed by atoms with Crippen LogP contribution in [0.2, 0.25) is 0 Å². The van der Waals surface area contributed by atoms with Gasteiger partial charge in [0, 0.05) is 18.7 Å². The third-order valence-corrected chi connectivity index (χ3v) is 3.89. The maximum Gasteiger partial charge on any atom is 0.308 e. The number of hydrogen-bond donors (Lipinski definition) is 1. The van der Waals surface area contributed by atoms with Crippen molar-refractivity contribution in [3.8, 4) is 0 Å². The number of nitrogens with one attached hydrogen (secondary N) is 1. The van der Waals surface area contributed by atoms with Gasteiger partial charge in [0.05, 0.1) is 19.6 Å². The minimum absolute atomic E-state index is 0.126. The van der Waals surface area contributed by atoms with Gasteiger partial charge in [0.1, 0.15) is 5.82 Å². The van der Waals surface area contributed by atoms with Crippen molar-refractivity contribution in [1.29, 1.82) is 0 Å². The van der Waals surface area contributed by atoms with Crippen LogP contribution in [0.25, 0.3) is 0 Å². The van der Waals surface area contributed by atoms with Crippen molar-refractivity contribution in [2.24, 2.45) is 5.92 Å². The van der Waals surface area contributed by atoms with E-state index in [-0.39, 0.29) is 24.3 Å². The molecule has 0 saturated carbocycles. The van der Waals surface area contributed by atoms with Crippen molar-refractivity contribution >= 4 is 17.8 Å². The Morgan fingerprint density at radius 2 is 1.83 bits per heavy atom. The Morgan fingerprint density at radius 3 is 2.39 bits per heavy atom. The lowest BCUT2D eigenvalue weighted by molar-refractivity contribution is -0.148. The summed E-state index contributed by atoms with van der Waals surface area (Å²) in [5, 5.41) is 2.52. The summed E-state index contributed by atoms with van der Waals surface area (Å²) in [6, 6.07) is 5.09. The molecule has 1 aliphatic rings. The minimum atomic E-state index is -0.428. The molecule has 124 valence electrons. The Labute approximate surface area is 133 Å². The Bertz CT molecular complexity index is 580. The second-order valence-electron chi connectivity index (χ2n) is 5.37. The second-order valence-corrected chi connectivity index (χ2v) is 5.37. The fraction of sp³-hybridized carbons (Fsp3) is 0.438. The van der Waals surface area contributed by atoms with E-state index in [2.05, 4.69) is 5.32 Å². The van der Waals surface area contributed by atoms with E-state index in [1.165, 1.54) is 31.4 Å². The number of carbonyl (C=O) groups is 3. The van der Waals surface area contributed by atoms with Crippen molar-refractivity contribution in [3.05, 3.63) is 35.6 Å². The highest BCUT2D eigenvalue weighted by atomic mass is 19.1. The number of halogens is 1. The van der Waals surface area contributed by atoms with Crippen LogP contribution < -0.4 is 5.32 Å². The van der Waals surface area contributed by atoms with Crippen LogP contribution in [0.5, 0.6) is 0 Å². The molecule has 0 aromatic heterocycles. The third-order valence-electron chi connectivity index (χ3n) is 3.89. The molecule has 1 aromatic carbocycles. The summed E-state index contributed by atoms with van der Waals surface area (Å²) in [5.74, 6) is -1.47. The van der Waals surface area contributed by atoms with Gasteiger partial charge in [-0.3, -0.25) is 14.4 Å². The number of rotatable bonds is 4. The molecule has 1 fully saturated rings. The molecule has 1 heterocycles. The van der Waals surface area contributed by atoms with Crippen LogP contribution in [0, 0.1) is 11.7 Å². The first kappa shape index (κ1) is 16.9. The van der Waals surface area contributed by atoms with Gasteiger partial charge in [-0.25, -0.2) is 4.39 Å². The summed E-state index contributed by atoms with van der Waals surface area (Å²) in [6.45, 7) is 0.801. The molecule has 0 spiro atoms. The van der Waals surface area contributed by atoms with E-state index in [0.717, 1.165) is 0 Å². The highest BCUT2D eigenvalue weighted by Crippen LogP contribution is 2.18. The van der Waals surface area contributed by atoms with Gasteiger partial charge in [0.15, 0.2) is 0 Å². The zero-order valence-corrected chi connectivity index (χ0v) is 12.9. The van der Waals surface area contributed by atoms with Crippen LogP contribution in [0.15, 0.2) is 24.3 Å². The molecule has 1 N–H and O–H groups in total. The molecule has 2 rings (SSSR count). The zero-order valence-electron chi connectivity index (χ0n) is 12.9. The molecule has 0 radical (unpaired) electrons. The van der Waals surface area contributed by atoms with Gasteiger partial charge < -0.3 is 15.0 Å². The number of nitrogens with zero attached hydrogens (tertiary/aromatic N) is 1. The van der Waals surface area contributed by atoms with E-state index in [1.807, 2.05) is 0 Å². The molecule has 1 aromatic rings. The average Bonchev–Trinajstić information content (AvgIpc) is 2.59. The summed E-state index contributed by atoms with van der Waals surface area (Å²) in [7, 11) is 1.35. The Hall–Kier alpha value is -2.44. The Balaban J connectivity index is 1.78. The van der Waals surface area contributed by atoms with E-state index in [9.17, 15) is 18.8 Å². The number of benzene rings is 1. The second kappa shape index (κ2) is 7.71. The monoisotopic (exact) mass is 322 g/mol. The number of hydrogen-bond acceptors (Lipinski definition) is 4. The van der Waals surface area contributed by atoms with Crippen LogP contribution in [-0.2, 0) is 14.3 Å². The number of likely N-dealkylation sites (tertiary alicyclic amines) is 1. The minimum Gasteiger partial charge on any atom is -0.469 e. The lowest BCUT2D eigenvalue weighted by Crippen LogP contribution is -2.45. The Kier molecular flexibility index (Phi) is 5.67. The molecule has 0 atom stereocenters. The lowest BCUT2D eigenvalue weighted by atomic mass is 9.97. The summed E-state index contributed by atoms with van der Waals surface area (Å²) < 4.78 is 17.5. The normalized spacial score (nSPS) is 15.1. The third kappa shape index (κ3) is 4.51. The van der Waals surface area contributed by atoms with Gasteiger partial charge >= 0.3 is 5.97 Å². The van der Waals surface area contributed by atoms with E-state index in [4.69, 9.17) is 4.74 Å². The standard InChI is InChI=1S/C16H19FN2O4/c1-23-16(22)12-6-8-19(9-7-12)14(20)10-18-15(21)11-2-4-13(17)5-3-11/h2-5,12H,6-10H2,1H3,(H,18,21). The molecular weight excluding hydrogens is 303 g/mol. The molecule has 0 aliphatic carbocycles. The zero-order chi connectivity index (χ0) is 16.8. The molecule has 1 saturated heterocycles. The predicted octanol–water partition coefficient (Wildman–Crippen LogP) is 0.967. The molecule has 2 amide bonds. The van der Waals surface area contributed by atoms with E-state index >= 15 is 0 Å². The van der Waals surface area contributed by atoms with Gasteiger partial charge in [0.25, 0.3) is 5.91 Å². The number of esters is 1. The molecule has 7 heteroatoms. The van der Waals surface area contributed by atoms with E-state index < -0.39 is 11.7 Å². The van der Waals surface area contributed by atoms with Gasteiger partial charge in [-0.2, -0.15) is 0 Å². The van der Waals surface area contributed by atoms with Gasteiger partial charge in [-0.15, -0.1) is 0 Å². The summed E-state index contributed by atoms with van der Waals surface area (Å²) in [4.78, 5) is 37.0. The predicted molar refractivity (Wildman–Crippen MR) is 80.1 cm³/mol.